The number of para-hydroxylation sites is 1. The summed E-state index contributed by atoms with van der Waals surface area (Å²) >= 11 is 0. The molecule has 1 atom stereocenters. The van der Waals surface area contributed by atoms with Crippen molar-refractivity contribution in [1.29, 1.82) is 0 Å². The van der Waals surface area contributed by atoms with E-state index in [0.29, 0.717) is 25.3 Å². The topological polar surface area (TPSA) is 55.6 Å². The summed E-state index contributed by atoms with van der Waals surface area (Å²) in [6.07, 6.45) is 0.820. The summed E-state index contributed by atoms with van der Waals surface area (Å²) < 4.78 is 19.4. The number of nitrogens with zero attached hydrogens (tertiary/aromatic N) is 1. The van der Waals surface area contributed by atoms with E-state index in [1.165, 1.54) is 6.07 Å². The van der Waals surface area contributed by atoms with Crippen molar-refractivity contribution in [2.75, 3.05) is 18.1 Å². The SMILES string of the molecule is Cc1ccccc1C(N)CC(=O)N1CCCOc2c(F)cccc21. The average Bonchev–Trinajstić information content (AvgIpc) is 2.78. The molecule has 3 rings (SSSR count). The highest BCUT2D eigenvalue weighted by Gasteiger charge is 2.26. The fourth-order valence-electron chi connectivity index (χ4n) is 3.04. The van der Waals surface area contributed by atoms with E-state index in [1.807, 2.05) is 31.2 Å². The predicted octanol–water partition coefficient (Wildman–Crippen LogP) is 3.34. The summed E-state index contributed by atoms with van der Waals surface area (Å²) in [4.78, 5) is 14.4. The second-order valence-corrected chi connectivity index (χ2v) is 6.00. The van der Waals surface area contributed by atoms with E-state index < -0.39 is 5.82 Å². The van der Waals surface area contributed by atoms with Crippen molar-refractivity contribution in [3.63, 3.8) is 0 Å². The Balaban J connectivity index is 1.83. The molecule has 0 bridgehead atoms. The summed E-state index contributed by atoms with van der Waals surface area (Å²) in [6, 6.07) is 12.0. The van der Waals surface area contributed by atoms with Gasteiger partial charge in [0.2, 0.25) is 5.91 Å². The largest absolute Gasteiger partial charge is 0.488 e. The lowest BCUT2D eigenvalue weighted by atomic mass is 9.99. The zero-order chi connectivity index (χ0) is 17.1. The molecule has 0 saturated heterocycles. The number of benzene rings is 2. The number of hydrogen-bond acceptors (Lipinski definition) is 3. The number of fused-ring (bicyclic) bond motifs is 1. The molecule has 0 spiro atoms. The summed E-state index contributed by atoms with van der Waals surface area (Å²) in [7, 11) is 0. The van der Waals surface area contributed by atoms with Crippen molar-refractivity contribution in [2.24, 2.45) is 5.73 Å². The van der Waals surface area contributed by atoms with Crippen molar-refractivity contribution < 1.29 is 13.9 Å². The zero-order valence-electron chi connectivity index (χ0n) is 13.7. The van der Waals surface area contributed by atoms with E-state index in [9.17, 15) is 9.18 Å². The molecular formula is C19H21FN2O2. The minimum absolute atomic E-state index is 0.122. The Labute approximate surface area is 141 Å². The number of carbonyl (C=O) groups excluding carboxylic acids is 1. The molecule has 5 heteroatoms. The molecule has 4 nitrogen and oxygen atoms in total. The molecule has 0 radical (unpaired) electrons. The molecule has 2 N–H and O–H groups in total. The Hall–Kier alpha value is -2.40. The third kappa shape index (κ3) is 3.26. The molecule has 2 aromatic carbocycles. The number of ether oxygens (including phenoxy) is 1. The first-order chi connectivity index (χ1) is 11.6. The summed E-state index contributed by atoms with van der Waals surface area (Å²) in [5.41, 5.74) is 8.73. The number of rotatable bonds is 3. The fraction of sp³-hybridized carbons (Fsp3) is 0.316. The molecule has 1 amide bonds. The molecule has 24 heavy (non-hydrogen) atoms. The molecule has 0 saturated carbocycles. The highest BCUT2D eigenvalue weighted by Crippen LogP contribution is 2.34. The maximum Gasteiger partial charge on any atom is 0.229 e. The van der Waals surface area contributed by atoms with E-state index in [-0.39, 0.29) is 24.1 Å². The van der Waals surface area contributed by atoms with Gasteiger partial charge in [-0.15, -0.1) is 0 Å². The Kier molecular flexibility index (Phi) is 4.81. The van der Waals surface area contributed by atoms with E-state index in [0.717, 1.165) is 11.1 Å². The van der Waals surface area contributed by atoms with Crippen LogP contribution in [-0.2, 0) is 4.79 Å². The maximum absolute atomic E-state index is 14.0. The average molecular weight is 328 g/mol. The quantitative estimate of drug-likeness (QED) is 0.940. The lowest BCUT2D eigenvalue weighted by Gasteiger charge is -2.24. The van der Waals surface area contributed by atoms with Gasteiger partial charge in [-0.1, -0.05) is 30.3 Å². The summed E-state index contributed by atoms with van der Waals surface area (Å²) in [6.45, 7) is 2.86. The van der Waals surface area contributed by atoms with Gasteiger partial charge in [0, 0.05) is 19.0 Å². The molecule has 0 aliphatic carbocycles. The second kappa shape index (κ2) is 7.01. The number of nitrogens with two attached hydrogens (primary N) is 1. The standard InChI is InChI=1S/C19H21FN2O2/c1-13-6-2-3-7-14(13)16(21)12-18(23)22-10-5-11-24-19-15(20)8-4-9-17(19)22/h2-4,6-9,16H,5,10-12,21H2,1H3. The molecule has 1 aliphatic rings. The maximum atomic E-state index is 14.0. The number of carbonyl (C=O) groups is 1. The van der Waals surface area contributed by atoms with Crippen LogP contribution in [0.5, 0.6) is 5.75 Å². The minimum atomic E-state index is -0.449. The molecular weight excluding hydrogens is 307 g/mol. The Bertz CT molecular complexity index is 748. The lowest BCUT2D eigenvalue weighted by Crippen LogP contribution is -2.34. The monoisotopic (exact) mass is 328 g/mol. The van der Waals surface area contributed by atoms with E-state index in [1.54, 1.807) is 17.0 Å². The van der Waals surface area contributed by atoms with Gasteiger partial charge in [0.15, 0.2) is 11.6 Å². The molecule has 0 aromatic heterocycles. The molecule has 126 valence electrons. The van der Waals surface area contributed by atoms with Crippen LogP contribution in [0.25, 0.3) is 0 Å². The number of aryl methyl sites for hydroxylation is 1. The van der Waals surface area contributed by atoms with Crippen molar-refractivity contribution in [2.45, 2.75) is 25.8 Å². The predicted molar refractivity (Wildman–Crippen MR) is 91.6 cm³/mol. The minimum Gasteiger partial charge on any atom is -0.488 e. The van der Waals surface area contributed by atoms with Crippen LogP contribution in [0.3, 0.4) is 0 Å². The van der Waals surface area contributed by atoms with E-state index in [4.69, 9.17) is 10.5 Å². The van der Waals surface area contributed by atoms with E-state index in [2.05, 4.69) is 0 Å². The van der Waals surface area contributed by atoms with Gasteiger partial charge in [-0.25, -0.2) is 4.39 Å². The number of halogens is 1. The number of anilines is 1. The Morgan fingerprint density at radius 2 is 2.08 bits per heavy atom. The van der Waals surface area contributed by atoms with Crippen molar-refractivity contribution in [3.05, 3.63) is 59.4 Å². The smallest absolute Gasteiger partial charge is 0.229 e. The van der Waals surface area contributed by atoms with Crippen LogP contribution < -0.4 is 15.4 Å². The summed E-state index contributed by atoms with van der Waals surface area (Å²) in [5.74, 6) is -0.425. The van der Waals surface area contributed by atoms with Crippen molar-refractivity contribution >= 4 is 11.6 Å². The van der Waals surface area contributed by atoms with Crippen LogP contribution >= 0.6 is 0 Å². The van der Waals surface area contributed by atoms with Gasteiger partial charge in [-0.2, -0.15) is 0 Å². The van der Waals surface area contributed by atoms with Gasteiger partial charge in [-0.05, 0) is 36.6 Å². The van der Waals surface area contributed by atoms with E-state index >= 15 is 0 Å². The number of amides is 1. The van der Waals surface area contributed by atoms with Gasteiger partial charge >= 0.3 is 0 Å². The zero-order valence-corrected chi connectivity index (χ0v) is 13.7. The van der Waals surface area contributed by atoms with Gasteiger partial charge in [0.25, 0.3) is 0 Å². The first-order valence-electron chi connectivity index (χ1n) is 8.10. The van der Waals surface area contributed by atoms with Crippen LogP contribution in [-0.4, -0.2) is 19.1 Å². The van der Waals surface area contributed by atoms with Crippen LogP contribution in [0.2, 0.25) is 0 Å². The first kappa shape index (κ1) is 16.5. The molecule has 2 aromatic rings. The summed E-state index contributed by atoms with van der Waals surface area (Å²) in [5, 5.41) is 0. The fourth-order valence-corrected chi connectivity index (χ4v) is 3.04. The Morgan fingerprint density at radius 1 is 1.29 bits per heavy atom. The highest BCUT2D eigenvalue weighted by atomic mass is 19.1. The van der Waals surface area contributed by atoms with Crippen molar-refractivity contribution in [1.82, 2.24) is 0 Å². The molecule has 1 heterocycles. The second-order valence-electron chi connectivity index (χ2n) is 6.00. The molecule has 1 aliphatic heterocycles. The van der Waals surface area contributed by atoms with Crippen LogP contribution in [0.1, 0.15) is 30.0 Å². The molecule has 0 fully saturated rings. The van der Waals surface area contributed by atoms with Crippen LogP contribution in [0.4, 0.5) is 10.1 Å². The first-order valence-corrected chi connectivity index (χ1v) is 8.10. The van der Waals surface area contributed by atoms with Crippen molar-refractivity contribution in [3.8, 4) is 5.75 Å². The molecule has 1 unspecified atom stereocenters. The third-order valence-corrected chi connectivity index (χ3v) is 4.29. The van der Waals surface area contributed by atoms with Gasteiger partial charge in [0.1, 0.15) is 0 Å². The van der Waals surface area contributed by atoms with Gasteiger partial charge in [0.05, 0.1) is 12.3 Å². The van der Waals surface area contributed by atoms with Crippen LogP contribution in [0, 0.1) is 12.7 Å². The van der Waals surface area contributed by atoms with Gasteiger partial charge in [-0.3, -0.25) is 4.79 Å². The Morgan fingerprint density at radius 3 is 2.88 bits per heavy atom. The van der Waals surface area contributed by atoms with Gasteiger partial charge < -0.3 is 15.4 Å². The normalized spacial score (nSPS) is 15.2. The number of hydrogen-bond donors (Lipinski definition) is 1. The van der Waals surface area contributed by atoms with Crippen LogP contribution in [0.15, 0.2) is 42.5 Å². The third-order valence-electron chi connectivity index (χ3n) is 4.29. The lowest BCUT2D eigenvalue weighted by molar-refractivity contribution is -0.119. The highest BCUT2D eigenvalue weighted by molar-refractivity contribution is 5.95.